The van der Waals surface area contributed by atoms with Crippen LogP contribution in [0.25, 0.3) is 11.3 Å². The van der Waals surface area contributed by atoms with E-state index in [1.54, 1.807) is 42.5 Å². The number of amides is 1. The second-order valence-corrected chi connectivity index (χ2v) is 7.38. The first-order valence-electron chi connectivity index (χ1n) is 9.09. The van der Waals surface area contributed by atoms with Gasteiger partial charge in [-0.25, -0.2) is 14.4 Å². The van der Waals surface area contributed by atoms with Gasteiger partial charge in [0.25, 0.3) is 5.91 Å². The van der Waals surface area contributed by atoms with Crippen LogP contribution in [-0.4, -0.2) is 15.9 Å². The van der Waals surface area contributed by atoms with Crippen molar-refractivity contribution < 1.29 is 9.18 Å². The van der Waals surface area contributed by atoms with Crippen LogP contribution in [0.1, 0.15) is 10.4 Å². The summed E-state index contributed by atoms with van der Waals surface area (Å²) in [4.78, 5) is 20.9. The summed E-state index contributed by atoms with van der Waals surface area (Å²) in [5, 5.41) is 6.05. The number of carbonyl (C=O) groups excluding carboxylic acids is 1. The molecule has 4 aromatic rings. The Balaban J connectivity index is 1.45. The molecule has 4 rings (SSSR count). The number of benzene rings is 3. The molecule has 0 aliphatic rings. The first-order valence-corrected chi connectivity index (χ1v) is 9.88. The van der Waals surface area contributed by atoms with Crippen molar-refractivity contribution in [2.75, 3.05) is 10.6 Å². The summed E-state index contributed by atoms with van der Waals surface area (Å²) in [5.41, 5.74) is 3.50. The molecule has 0 bridgehead atoms. The maximum absolute atomic E-state index is 13.1. The Morgan fingerprint density at radius 2 is 1.63 bits per heavy atom. The number of hydrogen-bond acceptors (Lipinski definition) is 4. The normalized spacial score (nSPS) is 10.5. The molecule has 0 spiro atoms. The Hall–Kier alpha value is -3.58. The fourth-order valence-corrected chi connectivity index (χ4v) is 3.23. The predicted molar refractivity (Wildman–Crippen MR) is 119 cm³/mol. The fraction of sp³-hybridized carbons (Fsp3) is 0. The SMILES string of the molecule is O=C(Nc1cccc(Br)c1)c1ccc(Nc2cc(-c3ccc(F)cc3)ncn2)cc1. The van der Waals surface area contributed by atoms with Crippen molar-refractivity contribution in [2.24, 2.45) is 0 Å². The Kier molecular flexibility index (Phi) is 5.81. The summed E-state index contributed by atoms with van der Waals surface area (Å²) in [7, 11) is 0. The number of nitrogens with zero attached hydrogens (tertiary/aromatic N) is 2. The fourth-order valence-electron chi connectivity index (χ4n) is 2.83. The molecule has 1 heterocycles. The van der Waals surface area contributed by atoms with Gasteiger partial charge in [0, 0.05) is 33.0 Å². The van der Waals surface area contributed by atoms with E-state index in [1.807, 2.05) is 24.3 Å². The minimum atomic E-state index is -0.296. The van der Waals surface area contributed by atoms with Gasteiger partial charge in [-0.3, -0.25) is 4.79 Å². The van der Waals surface area contributed by atoms with Crippen LogP contribution in [0, 0.1) is 5.82 Å². The van der Waals surface area contributed by atoms with Crippen LogP contribution in [0.2, 0.25) is 0 Å². The number of nitrogens with one attached hydrogen (secondary N) is 2. The van der Waals surface area contributed by atoms with Crippen molar-refractivity contribution in [3.63, 3.8) is 0 Å². The molecule has 0 unspecified atom stereocenters. The molecule has 2 N–H and O–H groups in total. The molecule has 30 heavy (non-hydrogen) atoms. The van der Waals surface area contributed by atoms with Crippen molar-refractivity contribution in [3.05, 3.63) is 101 Å². The van der Waals surface area contributed by atoms with Gasteiger partial charge in [0.2, 0.25) is 0 Å². The van der Waals surface area contributed by atoms with E-state index in [9.17, 15) is 9.18 Å². The average Bonchev–Trinajstić information content (AvgIpc) is 2.75. The molecule has 0 saturated carbocycles. The van der Waals surface area contributed by atoms with Crippen molar-refractivity contribution in [1.82, 2.24) is 9.97 Å². The Morgan fingerprint density at radius 3 is 2.37 bits per heavy atom. The van der Waals surface area contributed by atoms with E-state index in [0.29, 0.717) is 22.8 Å². The molecule has 0 atom stereocenters. The third-order valence-corrected chi connectivity index (χ3v) is 4.80. The maximum Gasteiger partial charge on any atom is 0.255 e. The number of anilines is 3. The topological polar surface area (TPSA) is 66.9 Å². The molecule has 1 aromatic heterocycles. The van der Waals surface area contributed by atoms with Gasteiger partial charge in [0.15, 0.2) is 0 Å². The Morgan fingerprint density at radius 1 is 0.867 bits per heavy atom. The molecule has 148 valence electrons. The lowest BCUT2D eigenvalue weighted by Gasteiger charge is -2.09. The summed E-state index contributed by atoms with van der Waals surface area (Å²) in [6.07, 6.45) is 1.45. The standard InChI is InChI=1S/C23H16BrFN4O/c24-17-2-1-3-20(12-17)29-23(30)16-6-10-19(11-7-16)28-22-13-21(26-14-27-22)15-4-8-18(25)9-5-15/h1-14H,(H,29,30)(H,26,27,28). The lowest BCUT2D eigenvalue weighted by molar-refractivity contribution is 0.102. The van der Waals surface area contributed by atoms with Crippen LogP contribution in [0.4, 0.5) is 21.6 Å². The van der Waals surface area contributed by atoms with Crippen molar-refractivity contribution in [2.45, 2.75) is 0 Å². The van der Waals surface area contributed by atoms with E-state index in [2.05, 4.69) is 36.5 Å². The van der Waals surface area contributed by atoms with Crippen LogP contribution < -0.4 is 10.6 Å². The zero-order valence-electron chi connectivity index (χ0n) is 15.6. The number of carbonyl (C=O) groups is 1. The second kappa shape index (κ2) is 8.84. The molecule has 0 radical (unpaired) electrons. The first kappa shape index (κ1) is 19.7. The maximum atomic E-state index is 13.1. The molecule has 0 saturated heterocycles. The average molecular weight is 463 g/mol. The van der Waals surface area contributed by atoms with Crippen LogP contribution in [0.15, 0.2) is 89.7 Å². The van der Waals surface area contributed by atoms with Gasteiger partial charge in [-0.05, 0) is 66.7 Å². The summed E-state index contributed by atoms with van der Waals surface area (Å²) in [6, 6.07) is 22.4. The minimum absolute atomic E-state index is 0.194. The summed E-state index contributed by atoms with van der Waals surface area (Å²) < 4.78 is 14.0. The van der Waals surface area contributed by atoms with Gasteiger partial charge in [-0.15, -0.1) is 0 Å². The summed E-state index contributed by atoms with van der Waals surface area (Å²) in [6.45, 7) is 0. The van der Waals surface area contributed by atoms with Gasteiger partial charge in [-0.2, -0.15) is 0 Å². The quantitative estimate of drug-likeness (QED) is 0.379. The number of hydrogen-bond donors (Lipinski definition) is 2. The highest BCUT2D eigenvalue weighted by Gasteiger charge is 2.07. The zero-order chi connectivity index (χ0) is 20.9. The third-order valence-electron chi connectivity index (χ3n) is 4.31. The number of rotatable bonds is 5. The third kappa shape index (κ3) is 4.87. The molecular formula is C23H16BrFN4O. The van der Waals surface area contributed by atoms with Crippen molar-refractivity contribution in [1.29, 1.82) is 0 Å². The molecular weight excluding hydrogens is 447 g/mol. The van der Waals surface area contributed by atoms with E-state index in [4.69, 9.17) is 0 Å². The Labute approximate surface area is 181 Å². The molecule has 7 heteroatoms. The molecule has 1 amide bonds. The molecule has 0 fully saturated rings. The van der Waals surface area contributed by atoms with Gasteiger partial charge in [-0.1, -0.05) is 22.0 Å². The molecule has 0 aliphatic carbocycles. The Bertz CT molecular complexity index is 1180. The summed E-state index contributed by atoms with van der Waals surface area (Å²) >= 11 is 3.39. The molecule has 5 nitrogen and oxygen atoms in total. The largest absolute Gasteiger partial charge is 0.340 e. The van der Waals surface area contributed by atoms with Crippen LogP contribution in [0.5, 0.6) is 0 Å². The smallest absolute Gasteiger partial charge is 0.255 e. The van der Waals surface area contributed by atoms with Crippen LogP contribution in [0.3, 0.4) is 0 Å². The molecule has 0 aliphatic heterocycles. The highest BCUT2D eigenvalue weighted by molar-refractivity contribution is 9.10. The van der Waals surface area contributed by atoms with E-state index in [-0.39, 0.29) is 11.7 Å². The lowest BCUT2D eigenvalue weighted by atomic mass is 10.1. The van der Waals surface area contributed by atoms with E-state index in [0.717, 1.165) is 15.7 Å². The van der Waals surface area contributed by atoms with E-state index in [1.165, 1.54) is 18.5 Å². The number of halogens is 2. The lowest BCUT2D eigenvalue weighted by Crippen LogP contribution is -2.11. The van der Waals surface area contributed by atoms with Gasteiger partial charge in [0.1, 0.15) is 18.0 Å². The number of aromatic nitrogens is 2. The zero-order valence-corrected chi connectivity index (χ0v) is 17.2. The summed E-state index contributed by atoms with van der Waals surface area (Å²) in [5.74, 6) is 0.103. The van der Waals surface area contributed by atoms with Crippen LogP contribution in [-0.2, 0) is 0 Å². The van der Waals surface area contributed by atoms with E-state index < -0.39 is 0 Å². The molecule has 3 aromatic carbocycles. The van der Waals surface area contributed by atoms with Gasteiger partial charge in [0.05, 0.1) is 5.69 Å². The van der Waals surface area contributed by atoms with Gasteiger partial charge < -0.3 is 10.6 Å². The van der Waals surface area contributed by atoms with E-state index >= 15 is 0 Å². The predicted octanol–water partition coefficient (Wildman–Crippen LogP) is 6.04. The monoisotopic (exact) mass is 462 g/mol. The second-order valence-electron chi connectivity index (χ2n) is 6.46. The van der Waals surface area contributed by atoms with Crippen molar-refractivity contribution >= 4 is 39.0 Å². The van der Waals surface area contributed by atoms with Crippen LogP contribution >= 0.6 is 15.9 Å². The highest BCUT2D eigenvalue weighted by Crippen LogP contribution is 2.22. The minimum Gasteiger partial charge on any atom is -0.340 e. The first-order chi connectivity index (χ1) is 14.6. The highest BCUT2D eigenvalue weighted by atomic mass is 79.9. The van der Waals surface area contributed by atoms with Crippen molar-refractivity contribution in [3.8, 4) is 11.3 Å². The van der Waals surface area contributed by atoms with Gasteiger partial charge >= 0.3 is 0 Å².